The van der Waals surface area contributed by atoms with Crippen molar-refractivity contribution in [2.75, 3.05) is 19.4 Å². The lowest BCUT2D eigenvalue weighted by Gasteiger charge is -2.11. The van der Waals surface area contributed by atoms with E-state index in [1.54, 1.807) is 18.2 Å². The second kappa shape index (κ2) is 8.87. The Morgan fingerprint density at radius 3 is 2.57 bits per heavy atom. The summed E-state index contributed by atoms with van der Waals surface area (Å²) in [7, 11) is -0.529. The summed E-state index contributed by atoms with van der Waals surface area (Å²) in [6.07, 6.45) is 0.722. The van der Waals surface area contributed by atoms with Crippen LogP contribution in [0.15, 0.2) is 45.8 Å². The number of aromatic nitrogens is 2. The summed E-state index contributed by atoms with van der Waals surface area (Å²) in [6.45, 7) is 4.66. The zero-order chi connectivity index (χ0) is 22.1. The summed E-state index contributed by atoms with van der Waals surface area (Å²) in [5, 5.41) is 2.91. The van der Waals surface area contributed by atoms with Crippen molar-refractivity contribution >= 4 is 48.6 Å². The van der Waals surface area contributed by atoms with Crippen LogP contribution < -0.4 is 5.32 Å². The molecule has 0 fully saturated rings. The van der Waals surface area contributed by atoms with Crippen LogP contribution in [0.5, 0.6) is 0 Å². The minimum absolute atomic E-state index is 0.106. The van der Waals surface area contributed by atoms with Crippen molar-refractivity contribution < 1.29 is 13.2 Å². The normalized spacial score (nSPS) is 11.9. The van der Waals surface area contributed by atoms with Gasteiger partial charge in [0.1, 0.15) is 5.82 Å². The van der Waals surface area contributed by atoms with Gasteiger partial charge in [-0.25, -0.2) is 17.7 Å². The highest BCUT2D eigenvalue weighted by molar-refractivity contribution is 9.10. The Hall–Kier alpha value is -2.23. The maximum atomic E-state index is 12.4. The summed E-state index contributed by atoms with van der Waals surface area (Å²) in [5.41, 5.74) is 3.30. The fourth-order valence-corrected chi connectivity index (χ4v) is 4.75. The number of carbonyl (C=O) groups is 1. The third kappa shape index (κ3) is 4.58. The van der Waals surface area contributed by atoms with Crippen LogP contribution in [0.1, 0.15) is 24.7 Å². The van der Waals surface area contributed by atoms with Gasteiger partial charge in [0, 0.05) is 38.0 Å². The second-order valence-corrected chi connectivity index (χ2v) is 10.2. The molecule has 3 rings (SSSR count). The predicted molar refractivity (Wildman–Crippen MR) is 122 cm³/mol. The van der Waals surface area contributed by atoms with Crippen molar-refractivity contribution in [3.8, 4) is 0 Å². The molecule has 7 nitrogen and oxygen atoms in total. The lowest BCUT2D eigenvalue weighted by molar-refractivity contribution is -0.116. The Morgan fingerprint density at radius 1 is 1.20 bits per heavy atom. The van der Waals surface area contributed by atoms with Crippen LogP contribution in [0.2, 0.25) is 0 Å². The SMILES string of the molecule is CCn1c(CCC(=O)Nc2ccc(C)cc2Br)nc2cc(S(=O)(=O)N(C)C)ccc21. The highest BCUT2D eigenvalue weighted by Crippen LogP contribution is 2.25. The molecule has 3 aromatic rings. The quantitative estimate of drug-likeness (QED) is 0.540. The zero-order valence-corrected chi connectivity index (χ0v) is 19.8. The molecule has 0 saturated heterocycles. The number of halogens is 1. The number of nitrogens with one attached hydrogen (secondary N) is 1. The molecular formula is C21H25BrN4O3S. The number of hydrogen-bond donors (Lipinski definition) is 1. The molecular weight excluding hydrogens is 468 g/mol. The minimum atomic E-state index is -3.53. The van der Waals surface area contributed by atoms with E-state index in [4.69, 9.17) is 0 Å². The summed E-state index contributed by atoms with van der Waals surface area (Å²) >= 11 is 3.47. The molecule has 0 aliphatic heterocycles. The number of carbonyl (C=O) groups excluding carboxylic acids is 1. The van der Waals surface area contributed by atoms with Gasteiger partial charge < -0.3 is 9.88 Å². The smallest absolute Gasteiger partial charge is 0.242 e. The molecule has 0 radical (unpaired) electrons. The standard InChI is InChI=1S/C21H25BrN4O3S/c1-5-26-19-9-7-15(30(28,29)25(3)4)13-18(19)23-20(26)10-11-21(27)24-17-8-6-14(2)12-16(17)22/h6-9,12-13H,5,10-11H2,1-4H3,(H,24,27). The third-order valence-electron chi connectivity index (χ3n) is 4.87. The van der Waals surface area contributed by atoms with Crippen molar-refractivity contribution in [2.45, 2.75) is 38.1 Å². The fourth-order valence-electron chi connectivity index (χ4n) is 3.23. The maximum Gasteiger partial charge on any atom is 0.242 e. The van der Waals surface area contributed by atoms with E-state index in [0.29, 0.717) is 18.5 Å². The van der Waals surface area contributed by atoms with E-state index in [2.05, 4.69) is 26.2 Å². The van der Waals surface area contributed by atoms with Gasteiger partial charge in [-0.3, -0.25) is 4.79 Å². The first-order valence-corrected chi connectivity index (χ1v) is 11.8. The highest BCUT2D eigenvalue weighted by Gasteiger charge is 2.19. The lowest BCUT2D eigenvalue weighted by Crippen LogP contribution is -2.22. The van der Waals surface area contributed by atoms with Crippen molar-refractivity contribution in [3.05, 3.63) is 52.3 Å². The van der Waals surface area contributed by atoms with E-state index in [1.807, 2.05) is 36.6 Å². The molecule has 0 saturated carbocycles. The number of aryl methyl sites for hydroxylation is 3. The molecule has 0 aliphatic carbocycles. The lowest BCUT2D eigenvalue weighted by atomic mass is 10.2. The van der Waals surface area contributed by atoms with Crippen LogP contribution in [0.3, 0.4) is 0 Å². The average molecular weight is 493 g/mol. The first-order chi connectivity index (χ1) is 14.1. The van der Waals surface area contributed by atoms with Crippen molar-refractivity contribution in [1.29, 1.82) is 0 Å². The van der Waals surface area contributed by atoms with E-state index in [1.165, 1.54) is 18.4 Å². The first-order valence-electron chi connectivity index (χ1n) is 9.61. The van der Waals surface area contributed by atoms with Crippen LogP contribution in [-0.2, 0) is 27.8 Å². The van der Waals surface area contributed by atoms with Gasteiger partial charge >= 0.3 is 0 Å². The Bertz CT molecular complexity index is 1200. The van der Waals surface area contributed by atoms with E-state index in [-0.39, 0.29) is 17.2 Å². The van der Waals surface area contributed by atoms with E-state index < -0.39 is 10.0 Å². The number of fused-ring (bicyclic) bond motifs is 1. The number of imidazole rings is 1. The molecule has 0 bridgehead atoms. The molecule has 30 heavy (non-hydrogen) atoms. The molecule has 9 heteroatoms. The molecule has 1 heterocycles. The van der Waals surface area contributed by atoms with E-state index >= 15 is 0 Å². The number of benzene rings is 2. The van der Waals surface area contributed by atoms with Gasteiger partial charge in [-0.15, -0.1) is 0 Å². The van der Waals surface area contributed by atoms with Crippen LogP contribution in [0, 0.1) is 6.92 Å². The molecule has 2 aromatic carbocycles. The zero-order valence-electron chi connectivity index (χ0n) is 17.4. The third-order valence-corrected chi connectivity index (χ3v) is 7.34. The van der Waals surface area contributed by atoms with E-state index in [0.717, 1.165) is 27.1 Å². The predicted octanol–water partition coefficient (Wildman–Crippen LogP) is 3.95. The van der Waals surface area contributed by atoms with Crippen molar-refractivity contribution in [2.24, 2.45) is 0 Å². The topological polar surface area (TPSA) is 84.3 Å². The van der Waals surface area contributed by atoms with Crippen molar-refractivity contribution in [3.63, 3.8) is 0 Å². The van der Waals surface area contributed by atoms with E-state index in [9.17, 15) is 13.2 Å². The summed E-state index contributed by atoms with van der Waals surface area (Å²) in [6, 6.07) is 10.7. The first kappa shape index (κ1) is 22.5. The fraction of sp³-hybridized carbons (Fsp3) is 0.333. The maximum absolute atomic E-state index is 12.4. The molecule has 1 aromatic heterocycles. The Labute approximate surface area is 185 Å². The molecule has 0 aliphatic rings. The molecule has 1 amide bonds. The summed E-state index contributed by atoms with van der Waals surface area (Å²) in [4.78, 5) is 17.3. The molecule has 160 valence electrons. The summed E-state index contributed by atoms with van der Waals surface area (Å²) < 4.78 is 28.8. The highest BCUT2D eigenvalue weighted by atomic mass is 79.9. The van der Waals surface area contributed by atoms with Crippen LogP contribution >= 0.6 is 15.9 Å². The van der Waals surface area contributed by atoms with Gasteiger partial charge in [0.15, 0.2) is 0 Å². The van der Waals surface area contributed by atoms with Crippen LogP contribution in [0.4, 0.5) is 5.69 Å². The number of nitrogens with zero attached hydrogens (tertiary/aromatic N) is 3. The number of amides is 1. The Morgan fingerprint density at radius 2 is 1.93 bits per heavy atom. The second-order valence-electron chi connectivity index (χ2n) is 7.24. The van der Waals surface area contributed by atoms with Gasteiger partial charge in [-0.1, -0.05) is 6.07 Å². The minimum Gasteiger partial charge on any atom is -0.328 e. The largest absolute Gasteiger partial charge is 0.328 e. The average Bonchev–Trinajstić information content (AvgIpc) is 3.05. The summed E-state index contributed by atoms with van der Waals surface area (Å²) in [5.74, 6) is 0.648. The Balaban J connectivity index is 1.81. The molecule has 0 spiro atoms. The van der Waals surface area contributed by atoms with Crippen LogP contribution in [0.25, 0.3) is 11.0 Å². The Kier molecular flexibility index (Phi) is 6.64. The van der Waals surface area contributed by atoms with Gasteiger partial charge in [0.05, 0.1) is 21.6 Å². The van der Waals surface area contributed by atoms with Gasteiger partial charge in [0.2, 0.25) is 15.9 Å². The number of hydrogen-bond acceptors (Lipinski definition) is 4. The molecule has 1 N–H and O–H groups in total. The number of rotatable bonds is 7. The number of anilines is 1. The van der Waals surface area contributed by atoms with Crippen molar-refractivity contribution in [1.82, 2.24) is 13.9 Å². The van der Waals surface area contributed by atoms with Gasteiger partial charge in [0.25, 0.3) is 0 Å². The van der Waals surface area contributed by atoms with Gasteiger partial charge in [-0.05, 0) is 65.7 Å². The number of sulfonamides is 1. The molecule has 0 atom stereocenters. The monoisotopic (exact) mass is 492 g/mol. The van der Waals surface area contributed by atoms with Gasteiger partial charge in [-0.2, -0.15) is 0 Å². The molecule has 0 unspecified atom stereocenters. The van der Waals surface area contributed by atoms with Crippen LogP contribution in [-0.4, -0.2) is 42.3 Å².